The lowest BCUT2D eigenvalue weighted by Gasteiger charge is -2.38. The first-order chi connectivity index (χ1) is 16.6. The SMILES string of the molecule is COc1ccc(COCC(CS(=O)(=O)C(C)(C)C#N)(N[S+]([O-])C(C)(C)C)c2cc(Br)ccc2F)cc1. The summed E-state index contributed by atoms with van der Waals surface area (Å²) in [6.45, 7) is 7.44. The molecule has 2 rings (SSSR count). The highest BCUT2D eigenvalue weighted by molar-refractivity contribution is 9.10. The predicted octanol–water partition coefficient (Wildman–Crippen LogP) is 4.78. The van der Waals surface area contributed by atoms with Crippen LogP contribution in [0.5, 0.6) is 5.75 Å². The molecule has 0 aliphatic carbocycles. The molecule has 11 heteroatoms. The summed E-state index contributed by atoms with van der Waals surface area (Å²) in [5.74, 6) is -0.760. The van der Waals surface area contributed by atoms with Crippen LogP contribution in [0.3, 0.4) is 0 Å². The molecule has 1 N–H and O–H groups in total. The first-order valence-corrected chi connectivity index (χ1v) is 14.7. The van der Waals surface area contributed by atoms with Crippen molar-refractivity contribution < 1.29 is 26.8 Å². The van der Waals surface area contributed by atoms with Crippen molar-refractivity contribution in [1.82, 2.24) is 4.72 Å². The minimum absolute atomic E-state index is 0.0403. The van der Waals surface area contributed by atoms with Crippen LogP contribution in [0.4, 0.5) is 4.39 Å². The first-order valence-electron chi connectivity index (χ1n) is 11.1. The zero-order valence-corrected chi connectivity index (χ0v) is 24.4. The van der Waals surface area contributed by atoms with E-state index in [0.717, 1.165) is 5.56 Å². The molecule has 0 saturated carbocycles. The molecule has 0 aliphatic heterocycles. The molecule has 0 saturated heterocycles. The Hall–Kier alpha value is -1.68. The maximum absolute atomic E-state index is 15.3. The Morgan fingerprint density at radius 2 is 1.75 bits per heavy atom. The fourth-order valence-corrected chi connectivity index (χ4v) is 5.96. The molecule has 0 bridgehead atoms. The van der Waals surface area contributed by atoms with Gasteiger partial charge in [-0.25, -0.2) is 12.8 Å². The number of sulfone groups is 1. The van der Waals surface area contributed by atoms with Gasteiger partial charge in [-0.05, 0) is 70.5 Å². The quantitative estimate of drug-likeness (QED) is 0.368. The molecular formula is C25H32BrFN2O5S2. The maximum atomic E-state index is 15.3. The molecule has 2 aromatic carbocycles. The standard InChI is InChI=1S/C25H32BrFN2O5S2/c1-23(2,3)35(30)29-25(17-36(31,32)24(4,5)15-28,21-13-19(26)9-12-22(21)27)16-34-14-18-7-10-20(33-6)11-8-18/h7-13,29H,14,16-17H2,1-6H3. The summed E-state index contributed by atoms with van der Waals surface area (Å²) in [6.07, 6.45) is 0. The van der Waals surface area contributed by atoms with Crippen LogP contribution in [0, 0.1) is 17.1 Å². The van der Waals surface area contributed by atoms with Gasteiger partial charge in [0.2, 0.25) is 0 Å². The highest BCUT2D eigenvalue weighted by Gasteiger charge is 2.49. The van der Waals surface area contributed by atoms with E-state index in [0.29, 0.717) is 10.2 Å². The molecule has 2 aromatic rings. The number of benzene rings is 2. The molecule has 0 fully saturated rings. The molecule has 0 radical (unpaired) electrons. The number of nitriles is 1. The number of rotatable bonds is 11. The summed E-state index contributed by atoms with van der Waals surface area (Å²) >= 11 is 1.51. The van der Waals surface area contributed by atoms with Gasteiger partial charge < -0.3 is 14.0 Å². The third-order valence-electron chi connectivity index (χ3n) is 5.55. The van der Waals surface area contributed by atoms with E-state index < -0.39 is 47.8 Å². The van der Waals surface area contributed by atoms with E-state index in [2.05, 4.69) is 20.7 Å². The summed E-state index contributed by atoms with van der Waals surface area (Å²) in [4.78, 5) is 0. The first kappa shape index (κ1) is 30.5. The van der Waals surface area contributed by atoms with Gasteiger partial charge in [-0.3, -0.25) is 0 Å². The van der Waals surface area contributed by atoms with Gasteiger partial charge >= 0.3 is 0 Å². The number of nitrogens with one attached hydrogen (secondary N) is 1. The molecule has 36 heavy (non-hydrogen) atoms. The van der Waals surface area contributed by atoms with Crippen LogP contribution in [0.25, 0.3) is 0 Å². The fraction of sp³-hybridized carbons (Fsp3) is 0.480. The lowest BCUT2D eigenvalue weighted by Crippen LogP contribution is -2.59. The van der Waals surface area contributed by atoms with Crippen LogP contribution >= 0.6 is 15.9 Å². The van der Waals surface area contributed by atoms with Gasteiger partial charge in [-0.2, -0.15) is 5.26 Å². The molecule has 7 nitrogen and oxygen atoms in total. The number of hydrogen-bond donors (Lipinski definition) is 1. The van der Waals surface area contributed by atoms with E-state index in [1.165, 1.54) is 32.0 Å². The second kappa shape index (κ2) is 11.8. The average Bonchev–Trinajstić information content (AvgIpc) is 2.79. The second-order valence-electron chi connectivity index (χ2n) is 9.91. The van der Waals surface area contributed by atoms with E-state index in [1.807, 2.05) is 6.07 Å². The zero-order valence-electron chi connectivity index (χ0n) is 21.2. The van der Waals surface area contributed by atoms with Crippen molar-refractivity contribution in [1.29, 1.82) is 5.26 Å². The largest absolute Gasteiger partial charge is 0.598 e. The molecule has 0 spiro atoms. The zero-order chi connectivity index (χ0) is 27.4. The molecule has 0 amide bonds. The smallest absolute Gasteiger partial charge is 0.171 e. The minimum Gasteiger partial charge on any atom is -0.598 e. The van der Waals surface area contributed by atoms with Crippen molar-refractivity contribution in [3.63, 3.8) is 0 Å². The third kappa shape index (κ3) is 7.43. The van der Waals surface area contributed by atoms with Crippen molar-refractivity contribution in [2.24, 2.45) is 0 Å². The van der Waals surface area contributed by atoms with E-state index in [9.17, 15) is 18.2 Å². The Labute approximate surface area is 224 Å². The number of nitrogens with zero attached hydrogens (tertiary/aromatic N) is 1. The van der Waals surface area contributed by atoms with Crippen LogP contribution in [0.1, 0.15) is 45.7 Å². The van der Waals surface area contributed by atoms with E-state index in [-0.39, 0.29) is 18.8 Å². The normalized spacial score (nSPS) is 15.1. The Morgan fingerprint density at radius 3 is 2.28 bits per heavy atom. The Morgan fingerprint density at radius 1 is 1.14 bits per heavy atom. The summed E-state index contributed by atoms with van der Waals surface area (Å²) < 4.78 is 67.4. The van der Waals surface area contributed by atoms with Crippen molar-refractivity contribution in [2.45, 2.75) is 56.3 Å². The van der Waals surface area contributed by atoms with E-state index >= 15 is 4.39 Å². The average molecular weight is 604 g/mol. The number of hydrogen-bond acceptors (Lipinski definition) is 7. The Bertz CT molecular complexity index is 1190. The van der Waals surface area contributed by atoms with Gasteiger partial charge in [0.05, 0.1) is 32.1 Å². The minimum atomic E-state index is -4.18. The van der Waals surface area contributed by atoms with Crippen molar-refractivity contribution in [2.75, 3.05) is 19.5 Å². The van der Waals surface area contributed by atoms with Crippen molar-refractivity contribution >= 4 is 37.1 Å². The maximum Gasteiger partial charge on any atom is 0.171 e. The van der Waals surface area contributed by atoms with Gasteiger partial charge in [0.1, 0.15) is 21.9 Å². The van der Waals surface area contributed by atoms with Gasteiger partial charge in [0.25, 0.3) is 0 Å². The molecule has 198 valence electrons. The molecular weight excluding hydrogens is 571 g/mol. The highest BCUT2D eigenvalue weighted by Crippen LogP contribution is 2.34. The van der Waals surface area contributed by atoms with Crippen LogP contribution in [-0.4, -0.2) is 41.9 Å². The lowest BCUT2D eigenvalue weighted by molar-refractivity contribution is 0.0715. The summed E-state index contributed by atoms with van der Waals surface area (Å²) in [6, 6.07) is 13.0. The summed E-state index contributed by atoms with van der Waals surface area (Å²) in [5.41, 5.74) is -1.04. The summed E-state index contributed by atoms with van der Waals surface area (Å²) in [7, 11) is -2.62. The molecule has 0 aromatic heterocycles. The summed E-state index contributed by atoms with van der Waals surface area (Å²) in [5, 5.41) is 9.54. The lowest BCUT2D eigenvalue weighted by atomic mass is 9.93. The second-order valence-corrected chi connectivity index (χ2v) is 15.3. The predicted molar refractivity (Wildman–Crippen MR) is 143 cm³/mol. The van der Waals surface area contributed by atoms with Crippen LogP contribution in [-0.2, 0) is 38.1 Å². The van der Waals surface area contributed by atoms with Crippen molar-refractivity contribution in [3.05, 3.63) is 63.9 Å². The van der Waals surface area contributed by atoms with Gasteiger partial charge in [-0.1, -0.05) is 28.1 Å². The monoisotopic (exact) mass is 602 g/mol. The van der Waals surface area contributed by atoms with Crippen molar-refractivity contribution in [3.8, 4) is 11.8 Å². The number of ether oxygens (including phenoxy) is 2. The van der Waals surface area contributed by atoms with Gasteiger partial charge in [-0.15, -0.1) is 4.72 Å². The third-order valence-corrected chi connectivity index (χ3v) is 10.2. The van der Waals surface area contributed by atoms with Gasteiger partial charge in [0, 0.05) is 21.4 Å². The van der Waals surface area contributed by atoms with Crippen LogP contribution < -0.4 is 9.46 Å². The van der Waals surface area contributed by atoms with Gasteiger partial charge in [0.15, 0.2) is 14.6 Å². The van der Waals surface area contributed by atoms with Crippen LogP contribution in [0.15, 0.2) is 46.9 Å². The molecule has 0 aliphatic rings. The van der Waals surface area contributed by atoms with E-state index in [4.69, 9.17) is 9.47 Å². The topological polar surface area (TPSA) is 111 Å². The molecule has 0 heterocycles. The van der Waals surface area contributed by atoms with E-state index in [1.54, 1.807) is 52.1 Å². The fourth-order valence-electron chi connectivity index (χ4n) is 3.15. The Balaban J connectivity index is 2.61. The molecule has 2 atom stereocenters. The Kier molecular flexibility index (Phi) is 10.0. The molecule has 2 unspecified atom stereocenters. The number of methoxy groups -OCH3 is 1. The van der Waals surface area contributed by atoms with Crippen LogP contribution in [0.2, 0.25) is 0 Å². The number of halogens is 2. The highest BCUT2D eigenvalue weighted by atomic mass is 79.9.